The van der Waals surface area contributed by atoms with E-state index in [1.807, 2.05) is 25.6 Å². The molecule has 0 aromatic heterocycles. The van der Waals surface area contributed by atoms with Gasteiger partial charge < -0.3 is 10.2 Å². The SMILES string of the molecule is CC(C)(CCCCSCCCCC(C)(C)CC(=O)O)CCC(=O)O. The van der Waals surface area contributed by atoms with Crippen LogP contribution in [0.25, 0.3) is 0 Å². The fourth-order valence-electron chi connectivity index (χ4n) is 2.79. The Balaban J connectivity index is 3.54. The molecule has 0 fully saturated rings. The normalized spacial score (nSPS) is 12.3. The standard InChI is InChI=1S/C19H36O4S/c1-18(2,12-9-16(20)21)10-5-7-13-24-14-8-6-11-19(3,4)15-17(22)23/h5-15H2,1-4H3,(H,20,21)(H,22,23). The van der Waals surface area contributed by atoms with Crippen molar-refractivity contribution >= 4 is 23.7 Å². The molecule has 5 heteroatoms. The smallest absolute Gasteiger partial charge is 0.303 e. The molecule has 0 saturated carbocycles. The minimum absolute atomic E-state index is 0.0992. The van der Waals surface area contributed by atoms with Gasteiger partial charge in [0.2, 0.25) is 0 Å². The van der Waals surface area contributed by atoms with Crippen LogP contribution < -0.4 is 0 Å². The number of thioether (sulfide) groups is 1. The first-order valence-corrected chi connectivity index (χ1v) is 10.2. The summed E-state index contributed by atoms with van der Waals surface area (Å²) < 4.78 is 0. The Morgan fingerprint density at radius 2 is 1.25 bits per heavy atom. The zero-order valence-corrected chi connectivity index (χ0v) is 16.7. The summed E-state index contributed by atoms with van der Waals surface area (Å²) in [7, 11) is 0. The van der Waals surface area contributed by atoms with Crippen LogP contribution in [0, 0.1) is 10.8 Å². The average molecular weight is 361 g/mol. The number of hydrogen-bond donors (Lipinski definition) is 2. The molecule has 0 rings (SSSR count). The lowest BCUT2D eigenvalue weighted by molar-refractivity contribution is -0.139. The number of carboxylic acid groups (broad SMARTS) is 2. The first-order chi connectivity index (χ1) is 11.0. The Labute approximate surface area is 151 Å². The molecule has 142 valence electrons. The van der Waals surface area contributed by atoms with Crippen LogP contribution in [0.4, 0.5) is 0 Å². The molecule has 0 heterocycles. The second-order valence-electron chi connectivity index (χ2n) is 8.32. The molecule has 0 aliphatic carbocycles. The molecule has 0 aliphatic rings. The summed E-state index contributed by atoms with van der Waals surface area (Å²) in [5.41, 5.74) is 0.0246. The highest BCUT2D eigenvalue weighted by molar-refractivity contribution is 7.99. The molecule has 0 amide bonds. The van der Waals surface area contributed by atoms with Crippen LogP contribution >= 0.6 is 11.8 Å². The Morgan fingerprint density at radius 3 is 1.71 bits per heavy atom. The van der Waals surface area contributed by atoms with Crippen molar-refractivity contribution in [2.45, 2.75) is 85.5 Å². The van der Waals surface area contributed by atoms with Gasteiger partial charge in [-0.2, -0.15) is 11.8 Å². The highest BCUT2D eigenvalue weighted by Gasteiger charge is 2.21. The van der Waals surface area contributed by atoms with Crippen LogP contribution in [0.15, 0.2) is 0 Å². The summed E-state index contributed by atoms with van der Waals surface area (Å²) >= 11 is 1.98. The number of aliphatic carboxylic acids is 2. The Morgan fingerprint density at radius 1 is 0.750 bits per heavy atom. The molecule has 0 radical (unpaired) electrons. The summed E-state index contributed by atoms with van der Waals surface area (Å²) in [5.74, 6) is 0.893. The minimum Gasteiger partial charge on any atom is -0.481 e. The lowest BCUT2D eigenvalue weighted by Crippen LogP contribution is -2.16. The largest absolute Gasteiger partial charge is 0.481 e. The summed E-state index contributed by atoms with van der Waals surface area (Å²) in [5, 5.41) is 17.6. The molecule has 0 unspecified atom stereocenters. The Bertz CT molecular complexity index is 378. The van der Waals surface area contributed by atoms with Crippen LogP contribution in [0.3, 0.4) is 0 Å². The van der Waals surface area contributed by atoms with Crippen LogP contribution in [0.5, 0.6) is 0 Å². The number of carboxylic acids is 2. The predicted molar refractivity (Wildman–Crippen MR) is 102 cm³/mol. The molecule has 4 nitrogen and oxygen atoms in total. The summed E-state index contributed by atoms with van der Waals surface area (Å²) in [6, 6.07) is 0. The maximum absolute atomic E-state index is 10.8. The van der Waals surface area contributed by atoms with Gasteiger partial charge in [-0.15, -0.1) is 0 Å². The van der Waals surface area contributed by atoms with Crippen molar-refractivity contribution in [3.63, 3.8) is 0 Å². The number of hydrogen-bond acceptors (Lipinski definition) is 3. The van der Waals surface area contributed by atoms with E-state index in [2.05, 4.69) is 13.8 Å². The average Bonchev–Trinajstić information content (AvgIpc) is 2.42. The summed E-state index contributed by atoms with van der Waals surface area (Å²) in [6.07, 6.45) is 7.91. The molecule has 0 aromatic rings. The maximum atomic E-state index is 10.8. The van der Waals surface area contributed by atoms with Gasteiger partial charge >= 0.3 is 11.9 Å². The first-order valence-electron chi connectivity index (χ1n) is 9.05. The lowest BCUT2D eigenvalue weighted by atomic mass is 9.83. The third kappa shape index (κ3) is 14.9. The second kappa shape index (κ2) is 11.8. The zero-order valence-electron chi connectivity index (χ0n) is 15.9. The van der Waals surface area contributed by atoms with Gasteiger partial charge in [0.1, 0.15) is 0 Å². The molecule has 2 N–H and O–H groups in total. The van der Waals surface area contributed by atoms with Crippen molar-refractivity contribution in [1.82, 2.24) is 0 Å². The monoisotopic (exact) mass is 360 g/mol. The van der Waals surface area contributed by atoms with Gasteiger partial charge in [0, 0.05) is 6.42 Å². The van der Waals surface area contributed by atoms with E-state index in [1.165, 1.54) is 6.42 Å². The van der Waals surface area contributed by atoms with E-state index in [4.69, 9.17) is 10.2 Å². The van der Waals surface area contributed by atoms with Crippen molar-refractivity contribution < 1.29 is 19.8 Å². The molecular formula is C19H36O4S. The van der Waals surface area contributed by atoms with Gasteiger partial charge in [-0.25, -0.2) is 0 Å². The molecule has 0 atom stereocenters. The van der Waals surface area contributed by atoms with E-state index >= 15 is 0 Å². The van der Waals surface area contributed by atoms with Crippen LogP contribution in [0.2, 0.25) is 0 Å². The van der Waals surface area contributed by atoms with Crippen molar-refractivity contribution in [3.05, 3.63) is 0 Å². The highest BCUT2D eigenvalue weighted by atomic mass is 32.2. The Kier molecular flexibility index (Phi) is 11.4. The molecule has 24 heavy (non-hydrogen) atoms. The maximum Gasteiger partial charge on any atom is 0.303 e. The quantitative estimate of drug-likeness (QED) is 0.380. The van der Waals surface area contributed by atoms with E-state index in [1.54, 1.807) is 0 Å². The fourth-order valence-corrected chi connectivity index (χ4v) is 3.81. The van der Waals surface area contributed by atoms with E-state index in [0.29, 0.717) is 0 Å². The number of rotatable bonds is 15. The second-order valence-corrected chi connectivity index (χ2v) is 9.54. The topological polar surface area (TPSA) is 74.6 Å². The fraction of sp³-hybridized carbons (Fsp3) is 0.895. The number of unbranched alkanes of at least 4 members (excludes halogenated alkanes) is 2. The minimum atomic E-state index is -0.708. The van der Waals surface area contributed by atoms with Gasteiger partial charge in [-0.1, -0.05) is 40.5 Å². The van der Waals surface area contributed by atoms with Crippen molar-refractivity contribution in [2.24, 2.45) is 10.8 Å². The first kappa shape index (κ1) is 23.3. The van der Waals surface area contributed by atoms with Crippen molar-refractivity contribution in [1.29, 1.82) is 0 Å². The van der Waals surface area contributed by atoms with Gasteiger partial charge in [0.05, 0.1) is 6.42 Å². The van der Waals surface area contributed by atoms with Gasteiger partial charge in [0.15, 0.2) is 0 Å². The third-order valence-corrected chi connectivity index (χ3v) is 5.58. The van der Waals surface area contributed by atoms with Gasteiger partial charge in [-0.05, 0) is 54.4 Å². The predicted octanol–water partition coefficient (Wildman–Crippen LogP) is 5.45. The van der Waals surface area contributed by atoms with Crippen LogP contribution in [0.1, 0.15) is 85.5 Å². The zero-order chi connectivity index (χ0) is 18.6. The lowest BCUT2D eigenvalue weighted by Gasteiger charge is -2.23. The summed E-state index contributed by atoms with van der Waals surface area (Å²) in [6.45, 7) is 8.37. The number of carbonyl (C=O) groups is 2. The van der Waals surface area contributed by atoms with Crippen LogP contribution in [-0.2, 0) is 9.59 Å². The van der Waals surface area contributed by atoms with Gasteiger partial charge in [0.25, 0.3) is 0 Å². The third-order valence-electron chi connectivity index (χ3n) is 4.43. The molecule has 0 aromatic carbocycles. The van der Waals surface area contributed by atoms with Crippen molar-refractivity contribution in [3.8, 4) is 0 Å². The molecule has 0 saturated heterocycles. The molecule has 0 spiro atoms. The molecule has 0 aliphatic heterocycles. The Hall–Kier alpha value is -0.710. The molecule has 0 bridgehead atoms. The van der Waals surface area contributed by atoms with Gasteiger partial charge in [-0.3, -0.25) is 9.59 Å². The molecular weight excluding hydrogens is 324 g/mol. The van der Waals surface area contributed by atoms with E-state index < -0.39 is 11.9 Å². The van der Waals surface area contributed by atoms with Crippen LogP contribution in [-0.4, -0.2) is 33.7 Å². The van der Waals surface area contributed by atoms with E-state index in [9.17, 15) is 9.59 Å². The van der Waals surface area contributed by atoms with Crippen molar-refractivity contribution in [2.75, 3.05) is 11.5 Å². The van der Waals surface area contributed by atoms with E-state index in [-0.39, 0.29) is 23.7 Å². The summed E-state index contributed by atoms with van der Waals surface area (Å²) in [4.78, 5) is 21.4. The highest BCUT2D eigenvalue weighted by Crippen LogP contribution is 2.30. The van der Waals surface area contributed by atoms with E-state index in [0.717, 1.165) is 50.0 Å².